The van der Waals surface area contributed by atoms with Crippen molar-refractivity contribution in [2.24, 2.45) is 11.7 Å². The predicted octanol–water partition coefficient (Wildman–Crippen LogP) is 2.56. The fourth-order valence-corrected chi connectivity index (χ4v) is 3.07. The van der Waals surface area contributed by atoms with Crippen LogP contribution in [0.5, 0.6) is 0 Å². The number of likely N-dealkylation sites (tertiary alicyclic amines) is 1. The van der Waals surface area contributed by atoms with E-state index in [1.54, 1.807) is 0 Å². The molecule has 2 aromatic rings. The summed E-state index contributed by atoms with van der Waals surface area (Å²) >= 11 is 6.15. The van der Waals surface area contributed by atoms with Crippen LogP contribution in [0.3, 0.4) is 0 Å². The van der Waals surface area contributed by atoms with Gasteiger partial charge in [-0.25, -0.2) is 0 Å². The molecular weight excluding hydrogens is 288 g/mol. The molecule has 5 nitrogen and oxygen atoms in total. The minimum Gasteiger partial charge on any atom is -0.334 e. The van der Waals surface area contributed by atoms with Crippen molar-refractivity contribution in [3.8, 4) is 11.5 Å². The van der Waals surface area contributed by atoms with Crippen molar-refractivity contribution in [2.75, 3.05) is 13.1 Å². The third kappa shape index (κ3) is 3.10. The summed E-state index contributed by atoms with van der Waals surface area (Å²) in [6, 6.07) is 7.97. The van der Waals surface area contributed by atoms with Gasteiger partial charge in [-0.1, -0.05) is 28.9 Å². The normalized spacial score (nSPS) is 22.8. The van der Waals surface area contributed by atoms with Gasteiger partial charge < -0.3 is 10.3 Å². The number of nitrogens with two attached hydrogens (primary N) is 1. The molecular formula is C15H19ClN4O. The lowest BCUT2D eigenvalue weighted by molar-refractivity contribution is 0.245. The van der Waals surface area contributed by atoms with E-state index in [0.717, 1.165) is 25.1 Å². The molecule has 21 heavy (non-hydrogen) atoms. The SMILES string of the molecule is CC1CC(CN)CN1Cc1noc(-c2ccccc2Cl)n1. The molecule has 0 aliphatic carbocycles. The second-order valence-corrected chi connectivity index (χ2v) is 6.02. The van der Waals surface area contributed by atoms with Gasteiger partial charge in [-0.2, -0.15) is 4.98 Å². The molecule has 112 valence electrons. The molecule has 1 aliphatic rings. The fraction of sp³-hybridized carbons (Fsp3) is 0.467. The van der Waals surface area contributed by atoms with Crippen LogP contribution in [-0.4, -0.2) is 34.2 Å². The van der Waals surface area contributed by atoms with Crippen molar-refractivity contribution in [1.82, 2.24) is 15.0 Å². The monoisotopic (exact) mass is 306 g/mol. The number of hydrogen-bond acceptors (Lipinski definition) is 5. The molecule has 1 fully saturated rings. The first-order valence-corrected chi connectivity index (χ1v) is 7.56. The van der Waals surface area contributed by atoms with E-state index in [0.29, 0.717) is 35.2 Å². The van der Waals surface area contributed by atoms with E-state index in [1.807, 2.05) is 24.3 Å². The highest BCUT2D eigenvalue weighted by Gasteiger charge is 2.29. The molecule has 0 saturated carbocycles. The summed E-state index contributed by atoms with van der Waals surface area (Å²) in [4.78, 5) is 6.80. The Balaban J connectivity index is 1.73. The summed E-state index contributed by atoms with van der Waals surface area (Å²) < 4.78 is 5.33. The minimum absolute atomic E-state index is 0.470. The first kappa shape index (κ1) is 14.5. The van der Waals surface area contributed by atoms with Gasteiger partial charge in [-0.05, 0) is 37.9 Å². The topological polar surface area (TPSA) is 68.2 Å². The van der Waals surface area contributed by atoms with Gasteiger partial charge in [-0.3, -0.25) is 4.90 Å². The molecule has 2 heterocycles. The number of nitrogens with zero attached hydrogens (tertiary/aromatic N) is 3. The molecule has 1 saturated heterocycles. The van der Waals surface area contributed by atoms with Gasteiger partial charge in [0.05, 0.1) is 17.1 Å². The Morgan fingerprint density at radius 3 is 2.95 bits per heavy atom. The highest BCUT2D eigenvalue weighted by Crippen LogP contribution is 2.27. The molecule has 1 aliphatic heterocycles. The molecule has 0 bridgehead atoms. The van der Waals surface area contributed by atoms with Crippen LogP contribution in [0.15, 0.2) is 28.8 Å². The van der Waals surface area contributed by atoms with Gasteiger partial charge in [0.15, 0.2) is 5.82 Å². The minimum atomic E-state index is 0.470. The van der Waals surface area contributed by atoms with Crippen LogP contribution < -0.4 is 5.73 Å². The summed E-state index contributed by atoms with van der Waals surface area (Å²) in [5.74, 6) is 1.72. The first-order valence-electron chi connectivity index (χ1n) is 7.19. The third-order valence-electron chi connectivity index (χ3n) is 4.04. The maximum absolute atomic E-state index is 6.15. The van der Waals surface area contributed by atoms with E-state index < -0.39 is 0 Å². The van der Waals surface area contributed by atoms with Crippen LogP contribution in [0.4, 0.5) is 0 Å². The Labute approximate surface area is 129 Å². The molecule has 2 atom stereocenters. The second-order valence-electron chi connectivity index (χ2n) is 5.61. The smallest absolute Gasteiger partial charge is 0.259 e. The Morgan fingerprint density at radius 1 is 1.43 bits per heavy atom. The summed E-state index contributed by atoms with van der Waals surface area (Å²) in [6.07, 6.45) is 1.13. The molecule has 2 N–H and O–H groups in total. The molecule has 6 heteroatoms. The Bertz CT molecular complexity index is 615. The maximum atomic E-state index is 6.15. The number of rotatable bonds is 4. The van der Waals surface area contributed by atoms with E-state index in [9.17, 15) is 0 Å². The second kappa shape index (κ2) is 6.13. The van der Waals surface area contributed by atoms with Crippen molar-refractivity contribution in [1.29, 1.82) is 0 Å². The van der Waals surface area contributed by atoms with Crippen molar-refractivity contribution >= 4 is 11.6 Å². The molecule has 3 rings (SSSR count). The number of hydrogen-bond donors (Lipinski definition) is 1. The summed E-state index contributed by atoms with van der Waals surface area (Å²) in [6.45, 7) is 4.63. The van der Waals surface area contributed by atoms with Gasteiger partial charge in [0.2, 0.25) is 0 Å². The molecule has 0 spiro atoms. The van der Waals surface area contributed by atoms with Crippen molar-refractivity contribution in [3.05, 3.63) is 35.1 Å². The van der Waals surface area contributed by atoms with Crippen molar-refractivity contribution in [2.45, 2.75) is 25.9 Å². The maximum Gasteiger partial charge on any atom is 0.259 e. The van der Waals surface area contributed by atoms with Crippen LogP contribution in [0.25, 0.3) is 11.5 Å². The lowest BCUT2D eigenvalue weighted by atomic mass is 10.1. The highest BCUT2D eigenvalue weighted by molar-refractivity contribution is 6.33. The molecule has 0 amide bonds. The zero-order chi connectivity index (χ0) is 14.8. The Hall–Kier alpha value is -1.43. The van der Waals surface area contributed by atoms with E-state index in [1.165, 1.54) is 0 Å². The van der Waals surface area contributed by atoms with Gasteiger partial charge >= 0.3 is 0 Å². The van der Waals surface area contributed by atoms with Crippen molar-refractivity contribution in [3.63, 3.8) is 0 Å². The Kier molecular flexibility index (Phi) is 4.24. The first-order chi connectivity index (χ1) is 10.2. The van der Waals surface area contributed by atoms with E-state index >= 15 is 0 Å². The van der Waals surface area contributed by atoms with E-state index in [2.05, 4.69) is 22.0 Å². The van der Waals surface area contributed by atoms with Gasteiger partial charge in [-0.15, -0.1) is 0 Å². The molecule has 2 unspecified atom stereocenters. The number of aromatic nitrogens is 2. The molecule has 1 aromatic carbocycles. The summed E-state index contributed by atoms with van der Waals surface area (Å²) in [5.41, 5.74) is 6.53. The molecule has 0 radical (unpaired) electrons. The summed E-state index contributed by atoms with van der Waals surface area (Å²) in [5, 5.41) is 4.68. The summed E-state index contributed by atoms with van der Waals surface area (Å²) in [7, 11) is 0. The average Bonchev–Trinajstić information content (AvgIpc) is 3.07. The van der Waals surface area contributed by atoms with Crippen LogP contribution in [-0.2, 0) is 6.54 Å². The third-order valence-corrected chi connectivity index (χ3v) is 4.37. The van der Waals surface area contributed by atoms with Crippen LogP contribution in [0, 0.1) is 5.92 Å². The largest absolute Gasteiger partial charge is 0.334 e. The average molecular weight is 307 g/mol. The van der Waals surface area contributed by atoms with Crippen LogP contribution >= 0.6 is 11.6 Å². The van der Waals surface area contributed by atoms with Gasteiger partial charge in [0, 0.05) is 12.6 Å². The zero-order valence-corrected chi connectivity index (χ0v) is 12.8. The number of halogens is 1. The standard InChI is InChI=1S/C15H19ClN4O/c1-10-6-11(7-17)8-20(10)9-14-18-15(21-19-14)12-4-2-3-5-13(12)16/h2-5,10-11H,6-9,17H2,1H3. The predicted molar refractivity (Wildman–Crippen MR) is 81.8 cm³/mol. The highest BCUT2D eigenvalue weighted by atomic mass is 35.5. The lowest BCUT2D eigenvalue weighted by Gasteiger charge is -2.18. The van der Waals surface area contributed by atoms with Gasteiger partial charge in [0.1, 0.15) is 0 Å². The number of benzene rings is 1. The quantitative estimate of drug-likeness (QED) is 0.940. The molecule has 1 aromatic heterocycles. The van der Waals surface area contributed by atoms with Gasteiger partial charge in [0.25, 0.3) is 5.89 Å². The van der Waals surface area contributed by atoms with Crippen LogP contribution in [0.2, 0.25) is 5.02 Å². The zero-order valence-electron chi connectivity index (χ0n) is 12.0. The lowest BCUT2D eigenvalue weighted by Crippen LogP contribution is -2.27. The van der Waals surface area contributed by atoms with Crippen molar-refractivity contribution < 1.29 is 4.52 Å². The van der Waals surface area contributed by atoms with Crippen LogP contribution in [0.1, 0.15) is 19.2 Å². The van der Waals surface area contributed by atoms with E-state index in [4.69, 9.17) is 21.9 Å². The van der Waals surface area contributed by atoms with E-state index in [-0.39, 0.29) is 0 Å². The Morgan fingerprint density at radius 2 is 2.24 bits per heavy atom. The fourth-order valence-electron chi connectivity index (χ4n) is 2.85.